The van der Waals surface area contributed by atoms with E-state index in [0.29, 0.717) is 0 Å². The number of benzene rings is 1. The van der Waals surface area contributed by atoms with E-state index in [1.807, 2.05) is 0 Å². The Bertz CT molecular complexity index is 668. The summed E-state index contributed by atoms with van der Waals surface area (Å²) in [6.45, 7) is 2.24. The number of methoxy groups -OCH3 is 1. The predicted octanol–water partition coefficient (Wildman–Crippen LogP) is 3.89. The molecule has 0 amide bonds. The van der Waals surface area contributed by atoms with Gasteiger partial charge in [-0.05, 0) is 72.1 Å². The fourth-order valence-electron chi connectivity index (χ4n) is 4.41. The Kier molecular flexibility index (Phi) is 2.80. The Morgan fingerprint density at radius 2 is 2.05 bits per heavy atom. The first-order valence-electron chi connectivity index (χ1n) is 7.92. The number of fused-ring (bicyclic) bond motifs is 4. The minimum absolute atomic E-state index is 0.0111. The van der Waals surface area contributed by atoms with Crippen molar-refractivity contribution in [3.63, 3.8) is 0 Å². The number of hydrogen-bond acceptors (Lipinski definition) is 2. The molecular formula is C19H22O2. The Morgan fingerprint density at radius 1 is 1.19 bits per heavy atom. The van der Waals surface area contributed by atoms with Gasteiger partial charge in [-0.25, -0.2) is 0 Å². The van der Waals surface area contributed by atoms with Crippen LogP contribution < -0.4 is 4.74 Å². The second kappa shape index (κ2) is 4.48. The largest absolute Gasteiger partial charge is 0.497 e. The zero-order chi connectivity index (χ0) is 14.6. The molecule has 0 aliphatic heterocycles. The summed E-state index contributed by atoms with van der Waals surface area (Å²) in [6.07, 6.45) is 7.23. The van der Waals surface area contributed by atoms with Crippen LogP contribution in [0.15, 0.2) is 35.4 Å². The van der Waals surface area contributed by atoms with Crippen molar-refractivity contribution in [3.8, 4) is 5.75 Å². The van der Waals surface area contributed by atoms with Crippen LogP contribution >= 0.6 is 0 Å². The maximum absolute atomic E-state index is 10.3. The van der Waals surface area contributed by atoms with Gasteiger partial charge in [0.05, 0.1) is 13.2 Å². The second-order valence-corrected chi connectivity index (χ2v) is 6.77. The van der Waals surface area contributed by atoms with Gasteiger partial charge in [-0.3, -0.25) is 0 Å². The van der Waals surface area contributed by atoms with Crippen molar-refractivity contribution in [1.29, 1.82) is 0 Å². The van der Waals surface area contributed by atoms with Crippen LogP contribution in [0.1, 0.15) is 43.7 Å². The molecule has 2 heteroatoms. The van der Waals surface area contributed by atoms with Crippen LogP contribution in [-0.4, -0.2) is 18.3 Å². The number of aliphatic hydroxyl groups is 1. The lowest BCUT2D eigenvalue weighted by Crippen LogP contribution is -2.33. The van der Waals surface area contributed by atoms with Crippen LogP contribution in [0.4, 0.5) is 0 Å². The van der Waals surface area contributed by atoms with Crippen molar-refractivity contribution in [2.75, 3.05) is 7.11 Å². The molecule has 110 valence electrons. The van der Waals surface area contributed by atoms with Crippen LogP contribution in [0.3, 0.4) is 0 Å². The standard InChI is InChI=1S/C19H22O2/c1-19-10-9-15-14-6-4-13(21-2)11-12(14)3-5-16(15)17(19)7-8-18(19)20/h4,6-7,11,18,20H,3,5,8-10H2,1-2H3/t18-,19-/m1/s1. The highest BCUT2D eigenvalue weighted by atomic mass is 16.5. The summed E-state index contributed by atoms with van der Waals surface area (Å²) >= 11 is 0. The summed E-state index contributed by atoms with van der Waals surface area (Å²) in [5, 5.41) is 10.3. The van der Waals surface area contributed by atoms with Gasteiger partial charge in [0.1, 0.15) is 5.75 Å². The van der Waals surface area contributed by atoms with E-state index in [4.69, 9.17) is 4.74 Å². The van der Waals surface area contributed by atoms with Crippen molar-refractivity contribution in [3.05, 3.63) is 46.5 Å². The average Bonchev–Trinajstić information content (AvgIpc) is 2.82. The second-order valence-electron chi connectivity index (χ2n) is 6.77. The molecule has 1 aromatic carbocycles. The molecule has 0 bridgehead atoms. The fourth-order valence-corrected chi connectivity index (χ4v) is 4.41. The van der Waals surface area contributed by atoms with Crippen LogP contribution in [0.5, 0.6) is 5.75 Å². The molecule has 0 saturated heterocycles. The summed E-state index contributed by atoms with van der Waals surface area (Å²) in [5.41, 5.74) is 7.26. The topological polar surface area (TPSA) is 29.5 Å². The number of ether oxygens (including phenoxy) is 1. The number of aryl methyl sites for hydroxylation is 1. The fraction of sp³-hybridized carbons (Fsp3) is 0.474. The van der Waals surface area contributed by atoms with E-state index in [1.165, 1.54) is 27.8 Å². The lowest BCUT2D eigenvalue weighted by Gasteiger charge is -2.40. The van der Waals surface area contributed by atoms with Gasteiger partial charge in [-0.15, -0.1) is 0 Å². The Morgan fingerprint density at radius 3 is 2.86 bits per heavy atom. The summed E-state index contributed by atoms with van der Waals surface area (Å²) < 4.78 is 5.36. The third kappa shape index (κ3) is 1.75. The van der Waals surface area contributed by atoms with E-state index < -0.39 is 0 Å². The molecule has 2 nitrogen and oxygen atoms in total. The minimum Gasteiger partial charge on any atom is -0.497 e. The van der Waals surface area contributed by atoms with E-state index in [0.717, 1.165) is 37.9 Å². The smallest absolute Gasteiger partial charge is 0.119 e. The van der Waals surface area contributed by atoms with Crippen molar-refractivity contribution < 1.29 is 9.84 Å². The van der Waals surface area contributed by atoms with Gasteiger partial charge < -0.3 is 9.84 Å². The molecule has 0 radical (unpaired) electrons. The summed E-state index contributed by atoms with van der Waals surface area (Å²) in [7, 11) is 1.73. The van der Waals surface area contributed by atoms with E-state index in [1.54, 1.807) is 7.11 Å². The molecule has 0 aromatic heterocycles. The van der Waals surface area contributed by atoms with Crippen molar-refractivity contribution in [1.82, 2.24) is 0 Å². The van der Waals surface area contributed by atoms with Gasteiger partial charge in [0.25, 0.3) is 0 Å². The molecule has 0 fully saturated rings. The van der Waals surface area contributed by atoms with Crippen molar-refractivity contribution in [2.45, 2.75) is 45.1 Å². The normalized spacial score (nSPS) is 30.4. The number of hydrogen-bond donors (Lipinski definition) is 1. The first-order valence-corrected chi connectivity index (χ1v) is 7.92. The first kappa shape index (κ1) is 13.1. The Balaban J connectivity index is 1.83. The molecule has 21 heavy (non-hydrogen) atoms. The molecule has 0 heterocycles. The van der Waals surface area contributed by atoms with Gasteiger partial charge in [-0.2, -0.15) is 0 Å². The maximum atomic E-state index is 10.3. The van der Waals surface area contributed by atoms with Crippen molar-refractivity contribution >= 4 is 5.57 Å². The molecule has 3 aliphatic carbocycles. The van der Waals surface area contributed by atoms with Crippen LogP contribution in [0, 0.1) is 5.41 Å². The highest BCUT2D eigenvalue weighted by molar-refractivity contribution is 5.79. The van der Waals surface area contributed by atoms with Crippen LogP contribution in [0.2, 0.25) is 0 Å². The zero-order valence-corrected chi connectivity index (χ0v) is 12.8. The molecular weight excluding hydrogens is 260 g/mol. The Labute approximate surface area is 126 Å². The Hall–Kier alpha value is -1.54. The van der Waals surface area contributed by atoms with Gasteiger partial charge in [0.15, 0.2) is 0 Å². The van der Waals surface area contributed by atoms with Crippen molar-refractivity contribution in [2.24, 2.45) is 5.41 Å². The molecule has 1 N–H and O–H groups in total. The lowest BCUT2D eigenvalue weighted by atomic mass is 9.65. The van der Waals surface area contributed by atoms with Crippen LogP contribution in [-0.2, 0) is 6.42 Å². The van der Waals surface area contributed by atoms with E-state index >= 15 is 0 Å². The van der Waals surface area contributed by atoms with E-state index in [2.05, 4.69) is 31.2 Å². The molecule has 0 saturated carbocycles. The summed E-state index contributed by atoms with van der Waals surface area (Å²) in [4.78, 5) is 0. The molecule has 0 spiro atoms. The lowest BCUT2D eigenvalue weighted by molar-refractivity contribution is 0.0728. The van der Waals surface area contributed by atoms with Gasteiger partial charge in [0, 0.05) is 5.41 Å². The third-order valence-electron chi connectivity index (χ3n) is 5.76. The molecule has 0 unspecified atom stereocenters. The highest BCUT2D eigenvalue weighted by Crippen LogP contribution is 2.55. The average molecular weight is 282 g/mol. The van der Waals surface area contributed by atoms with Gasteiger partial charge in [-0.1, -0.05) is 19.1 Å². The quantitative estimate of drug-likeness (QED) is 0.847. The SMILES string of the molecule is COc1ccc2c(c1)CCC1=C2CC[C@]2(C)C1=CC[C@H]2O. The van der Waals surface area contributed by atoms with E-state index in [9.17, 15) is 5.11 Å². The van der Waals surface area contributed by atoms with Gasteiger partial charge in [0.2, 0.25) is 0 Å². The predicted molar refractivity (Wildman–Crippen MR) is 84.3 cm³/mol. The molecule has 1 aromatic rings. The zero-order valence-electron chi connectivity index (χ0n) is 12.8. The number of allylic oxidation sites excluding steroid dienone is 2. The molecule has 3 aliphatic rings. The first-order chi connectivity index (χ1) is 10.1. The highest BCUT2D eigenvalue weighted by Gasteiger charge is 2.45. The maximum Gasteiger partial charge on any atom is 0.119 e. The molecule has 4 rings (SSSR count). The van der Waals surface area contributed by atoms with Crippen LogP contribution in [0.25, 0.3) is 5.57 Å². The monoisotopic (exact) mass is 282 g/mol. The van der Waals surface area contributed by atoms with E-state index in [-0.39, 0.29) is 11.5 Å². The summed E-state index contributed by atoms with van der Waals surface area (Å²) in [5.74, 6) is 0.953. The third-order valence-corrected chi connectivity index (χ3v) is 5.76. The summed E-state index contributed by atoms with van der Waals surface area (Å²) in [6, 6.07) is 6.47. The van der Waals surface area contributed by atoms with Gasteiger partial charge >= 0.3 is 0 Å². The number of rotatable bonds is 1. The number of aliphatic hydroxyl groups excluding tert-OH is 1. The molecule has 2 atom stereocenters. The minimum atomic E-state index is -0.196.